The zero-order valence-corrected chi connectivity index (χ0v) is 17.8. The molecular formula is C23H27O6P. The lowest BCUT2D eigenvalue weighted by Gasteiger charge is -2.11. The molecule has 0 aromatic heterocycles. The Kier molecular flexibility index (Phi) is 10.7. The summed E-state index contributed by atoms with van der Waals surface area (Å²) in [5, 5.41) is 26.1. The van der Waals surface area contributed by atoms with Crippen LogP contribution in [0.2, 0.25) is 0 Å². The maximum absolute atomic E-state index is 12.2. The van der Waals surface area contributed by atoms with Crippen molar-refractivity contribution in [1.29, 1.82) is 0 Å². The number of hydrogen-bond acceptors (Lipinski definition) is 4. The van der Waals surface area contributed by atoms with Crippen molar-refractivity contribution in [1.82, 2.24) is 0 Å². The normalized spacial score (nSPS) is 12.3. The van der Waals surface area contributed by atoms with Gasteiger partial charge in [-0.15, -0.1) is 0 Å². The molecule has 0 bridgehead atoms. The van der Waals surface area contributed by atoms with E-state index >= 15 is 0 Å². The molecule has 0 amide bonds. The molecule has 0 radical (unpaired) electrons. The van der Waals surface area contributed by atoms with Gasteiger partial charge in [-0.05, 0) is 50.2 Å². The first kappa shape index (κ1) is 25.3. The fraction of sp³-hybridized carbons (Fsp3) is 0.174. The van der Waals surface area contributed by atoms with E-state index < -0.39 is 25.5 Å². The minimum absolute atomic E-state index is 0.331. The van der Waals surface area contributed by atoms with Gasteiger partial charge in [0.25, 0.3) is 7.37 Å². The van der Waals surface area contributed by atoms with Crippen molar-refractivity contribution >= 4 is 23.9 Å². The Morgan fingerprint density at radius 3 is 1.23 bits per heavy atom. The Labute approximate surface area is 176 Å². The Morgan fingerprint density at radius 2 is 1.00 bits per heavy atom. The van der Waals surface area contributed by atoms with Gasteiger partial charge >= 0.3 is 5.97 Å². The quantitative estimate of drug-likeness (QED) is 0.473. The lowest BCUT2D eigenvalue weighted by Crippen LogP contribution is -2.17. The molecule has 2 unspecified atom stereocenters. The summed E-state index contributed by atoms with van der Waals surface area (Å²) in [7, 11) is -3.40. The summed E-state index contributed by atoms with van der Waals surface area (Å²) in [6, 6.07) is 25.7. The van der Waals surface area contributed by atoms with E-state index in [1.54, 1.807) is 92.7 Å². The molecule has 3 rings (SSSR count). The summed E-state index contributed by atoms with van der Waals surface area (Å²) in [5.74, 6) is -0.879. The first-order chi connectivity index (χ1) is 14.2. The largest absolute Gasteiger partial charge is 0.478 e. The minimum atomic E-state index is -3.40. The zero-order chi connectivity index (χ0) is 22.6. The molecule has 4 N–H and O–H groups in total. The average Bonchev–Trinajstić information content (AvgIpc) is 2.76. The number of aromatic carboxylic acids is 1. The molecule has 7 heteroatoms. The van der Waals surface area contributed by atoms with E-state index in [1.165, 1.54) is 0 Å². The van der Waals surface area contributed by atoms with E-state index in [0.717, 1.165) is 0 Å². The third-order valence-corrected chi connectivity index (χ3v) is 5.93. The maximum Gasteiger partial charge on any atom is 0.335 e. The number of carboxylic acid groups (broad SMARTS) is 1. The van der Waals surface area contributed by atoms with Crippen LogP contribution in [0.1, 0.15) is 24.2 Å². The maximum atomic E-state index is 12.2. The van der Waals surface area contributed by atoms with E-state index in [1.807, 2.05) is 12.1 Å². The third kappa shape index (κ3) is 8.72. The highest BCUT2D eigenvalue weighted by atomic mass is 31.2. The van der Waals surface area contributed by atoms with Crippen molar-refractivity contribution < 1.29 is 29.6 Å². The van der Waals surface area contributed by atoms with E-state index in [-0.39, 0.29) is 0 Å². The predicted octanol–water partition coefficient (Wildman–Crippen LogP) is 3.04. The molecule has 2 atom stereocenters. The van der Waals surface area contributed by atoms with Gasteiger partial charge in [0, 0.05) is 10.6 Å². The monoisotopic (exact) mass is 430 g/mol. The fourth-order valence-corrected chi connectivity index (χ4v) is 3.44. The van der Waals surface area contributed by atoms with Crippen LogP contribution >= 0.6 is 7.37 Å². The van der Waals surface area contributed by atoms with Crippen LogP contribution in [0.3, 0.4) is 0 Å². The first-order valence-corrected chi connectivity index (χ1v) is 10.9. The SMILES string of the molecule is CC(O)C(C)O.O=C(O)c1ccccc1.O=P(O)(c1ccccc1)c1ccccc1. The van der Waals surface area contributed by atoms with Gasteiger partial charge in [-0.3, -0.25) is 4.57 Å². The van der Waals surface area contributed by atoms with E-state index in [0.29, 0.717) is 16.2 Å². The van der Waals surface area contributed by atoms with Crippen molar-refractivity contribution in [3.63, 3.8) is 0 Å². The summed E-state index contributed by atoms with van der Waals surface area (Å²) in [5.41, 5.74) is 0.331. The molecule has 0 aliphatic rings. The lowest BCUT2D eigenvalue weighted by atomic mass is 10.2. The molecule has 6 nitrogen and oxygen atoms in total. The van der Waals surface area contributed by atoms with Crippen molar-refractivity contribution in [2.45, 2.75) is 26.1 Å². The summed E-state index contributed by atoms with van der Waals surface area (Å²) >= 11 is 0. The van der Waals surface area contributed by atoms with E-state index in [4.69, 9.17) is 15.3 Å². The average molecular weight is 430 g/mol. The number of aliphatic hydroxyl groups is 2. The standard InChI is InChI=1S/C12H11O2P.C7H6O2.C4H10O2/c13-15(14,11-7-3-1-4-8-11)12-9-5-2-6-10-12;8-7(9)6-4-2-1-3-5-6;1-3(5)4(2)6/h1-10H,(H,13,14);1-5H,(H,8,9);3-6H,1-2H3. The third-order valence-electron chi connectivity index (χ3n) is 3.93. The van der Waals surface area contributed by atoms with Crippen molar-refractivity contribution in [2.75, 3.05) is 0 Å². The fourth-order valence-electron chi connectivity index (χ4n) is 1.99. The van der Waals surface area contributed by atoms with Crippen molar-refractivity contribution in [3.05, 3.63) is 96.6 Å². The first-order valence-electron chi connectivity index (χ1n) is 9.24. The van der Waals surface area contributed by atoms with E-state index in [9.17, 15) is 14.3 Å². The van der Waals surface area contributed by atoms with Crippen LogP contribution in [0.4, 0.5) is 0 Å². The Bertz CT molecular complexity index is 863. The van der Waals surface area contributed by atoms with Gasteiger partial charge in [-0.25, -0.2) is 4.79 Å². The topological polar surface area (TPSA) is 115 Å². The van der Waals surface area contributed by atoms with Gasteiger partial charge in [0.05, 0.1) is 17.8 Å². The number of aliphatic hydroxyl groups excluding tert-OH is 2. The second-order valence-corrected chi connectivity index (χ2v) is 8.58. The second-order valence-electron chi connectivity index (χ2n) is 6.40. The summed E-state index contributed by atoms with van der Waals surface area (Å²) < 4.78 is 12.2. The van der Waals surface area contributed by atoms with Crippen LogP contribution in [-0.4, -0.2) is 38.4 Å². The zero-order valence-electron chi connectivity index (χ0n) is 16.9. The van der Waals surface area contributed by atoms with Crippen molar-refractivity contribution in [3.8, 4) is 0 Å². The molecule has 0 saturated heterocycles. The highest BCUT2D eigenvalue weighted by molar-refractivity contribution is 7.73. The Morgan fingerprint density at radius 1 is 0.700 bits per heavy atom. The van der Waals surface area contributed by atoms with Crippen LogP contribution in [0.5, 0.6) is 0 Å². The van der Waals surface area contributed by atoms with Gasteiger partial charge in [-0.2, -0.15) is 0 Å². The molecule has 0 saturated carbocycles. The summed E-state index contributed by atoms with van der Waals surface area (Å²) in [6.45, 7) is 3.09. The number of rotatable bonds is 4. The highest BCUT2D eigenvalue weighted by Gasteiger charge is 2.22. The van der Waals surface area contributed by atoms with Gasteiger partial charge in [0.1, 0.15) is 0 Å². The van der Waals surface area contributed by atoms with Gasteiger partial charge in [0.2, 0.25) is 0 Å². The van der Waals surface area contributed by atoms with Gasteiger partial charge < -0.3 is 20.2 Å². The van der Waals surface area contributed by atoms with Crippen LogP contribution < -0.4 is 10.6 Å². The molecule has 0 heterocycles. The number of carbonyl (C=O) groups is 1. The van der Waals surface area contributed by atoms with E-state index in [2.05, 4.69) is 0 Å². The number of hydrogen-bond donors (Lipinski definition) is 4. The highest BCUT2D eigenvalue weighted by Crippen LogP contribution is 2.37. The van der Waals surface area contributed by atoms with Gasteiger partial charge in [0.15, 0.2) is 0 Å². The summed E-state index contributed by atoms with van der Waals surface area (Å²) in [6.07, 6.45) is -1.19. The smallest absolute Gasteiger partial charge is 0.335 e. The molecule has 0 fully saturated rings. The molecule has 0 spiro atoms. The van der Waals surface area contributed by atoms with Gasteiger partial charge in [-0.1, -0.05) is 54.6 Å². The van der Waals surface area contributed by atoms with Crippen LogP contribution in [0.15, 0.2) is 91.0 Å². The number of benzene rings is 3. The molecular weight excluding hydrogens is 403 g/mol. The lowest BCUT2D eigenvalue weighted by molar-refractivity contribution is 0.0438. The molecule has 0 aliphatic carbocycles. The molecule has 3 aromatic carbocycles. The minimum Gasteiger partial charge on any atom is -0.478 e. The predicted molar refractivity (Wildman–Crippen MR) is 119 cm³/mol. The van der Waals surface area contributed by atoms with Crippen LogP contribution in [0, 0.1) is 0 Å². The molecule has 3 aromatic rings. The summed E-state index contributed by atoms with van der Waals surface area (Å²) in [4.78, 5) is 20.2. The van der Waals surface area contributed by atoms with Crippen LogP contribution in [0.25, 0.3) is 0 Å². The Hall–Kier alpha value is -2.76. The second kappa shape index (κ2) is 12.7. The Balaban J connectivity index is 0.000000256. The van der Waals surface area contributed by atoms with Crippen molar-refractivity contribution in [2.24, 2.45) is 0 Å². The van der Waals surface area contributed by atoms with Crippen LogP contribution in [-0.2, 0) is 4.57 Å². The number of carboxylic acids is 1. The molecule has 0 aliphatic heterocycles. The molecule has 30 heavy (non-hydrogen) atoms. The molecule has 160 valence electrons.